The third-order valence-corrected chi connectivity index (χ3v) is 7.18. The van der Waals surface area contributed by atoms with Crippen LogP contribution < -0.4 is 5.32 Å². The van der Waals surface area contributed by atoms with Gasteiger partial charge in [0.2, 0.25) is 5.91 Å². The smallest absolute Gasteiger partial charge is 0.227 e. The van der Waals surface area contributed by atoms with E-state index in [4.69, 9.17) is 0 Å². The Bertz CT molecular complexity index is 1820. The van der Waals surface area contributed by atoms with E-state index < -0.39 is 0 Å². The van der Waals surface area contributed by atoms with Crippen molar-refractivity contribution in [3.8, 4) is 33.8 Å². The molecule has 0 spiro atoms. The van der Waals surface area contributed by atoms with Crippen molar-refractivity contribution in [2.75, 3.05) is 5.32 Å². The summed E-state index contributed by atoms with van der Waals surface area (Å²) in [5.74, 6) is -0.140. The number of hydrogen-bond acceptors (Lipinski definition) is 5. The summed E-state index contributed by atoms with van der Waals surface area (Å²) >= 11 is 0. The van der Waals surface area contributed by atoms with Crippen LogP contribution in [-0.4, -0.2) is 36.0 Å². The molecule has 186 valence electrons. The van der Waals surface area contributed by atoms with Gasteiger partial charge in [-0.15, -0.1) is 0 Å². The Hall–Kier alpha value is -4.92. The molecule has 1 aliphatic carbocycles. The Labute approximate surface area is 216 Å². The summed E-state index contributed by atoms with van der Waals surface area (Å²) in [7, 11) is 0. The predicted octanol–water partition coefficient (Wildman–Crippen LogP) is 6.11. The molecule has 0 bridgehead atoms. The van der Waals surface area contributed by atoms with Crippen LogP contribution in [0.1, 0.15) is 19.3 Å². The summed E-state index contributed by atoms with van der Waals surface area (Å²) in [5, 5.41) is 12.5. The minimum atomic E-state index is -0.280. The summed E-state index contributed by atoms with van der Waals surface area (Å²) in [4.78, 5) is 29.1. The second-order valence-corrected chi connectivity index (χ2v) is 9.60. The Kier molecular flexibility index (Phi) is 5.21. The van der Waals surface area contributed by atoms with Crippen molar-refractivity contribution in [3.63, 3.8) is 0 Å². The van der Waals surface area contributed by atoms with Crippen LogP contribution in [-0.2, 0) is 4.79 Å². The largest absolute Gasteiger partial charge is 0.352 e. The predicted molar refractivity (Wildman–Crippen MR) is 144 cm³/mol. The van der Waals surface area contributed by atoms with E-state index in [1.807, 2.05) is 18.2 Å². The number of carbonyl (C=O) groups is 1. The molecular weight excluding hydrogens is 481 g/mol. The third-order valence-electron chi connectivity index (χ3n) is 7.18. The Balaban J connectivity index is 1.26. The topological polar surface area (TPSA) is 112 Å². The van der Waals surface area contributed by atoms with Crippen LogP contribution in [0.5, 0.6) is 0 Å². The van der Waals surface area contributed by atoms with E-state index >= 15 is 0 Å². The summed E-state index contributed by atoms with van der Waals surface area (Å²) < 4.78 is 13.5. The number of nitrogens with one attached hydrogen (secondary N) is 3. The zero-order chi connectivity index (χ0) is 25.6. The van der Waals surface area contributed by atoms with Gasteiger partial charge in [0.15, 0.2) is 0 Å². The number of pyridine rings is 3. The lowest BCUT2D eigenvalue weighted by Gasteiger charge is -2.24. The molecule has 6 aromatic rings. The highest BCUT2D eigenvalue weighted by molar-refractivity contribution is 6.01. The molecule has 1 saturated carbocycles. The van der Waals surface area contributed by atoms with Crippen molar-refractivity contribution in [2.24, 2.45) is 5.92 Å². The number of fused-ring (bicyclic) bond motifs is 2. The molecule has 0 unspecified atom stereocenters. The van der Waals surface area contributed by atoms with Crippen molar-refractivity contribution in [3.05, 3.63) is 79.3 Å². The zero-order valence-corrected chi connectivity index (χ0v) is 20.2. The van der Waals surface area contributed by atoms with Gasteiger partial charge in [-0.05, 0) is 48.7 Å². The number of H-pyrrole nitrogens is 2. The van der Waals surface area contributed by atoms with Gasteiger partial charge in [-0.2, -0.15) is 5.10 Å². The first-order valence-electron chi connectivity index (χ1n) is 12.5. The molecule has 1 aromatic carbocycles. The summed E-state index contributed by atoms with van der Waals surface area (Å²) in [6.45, 7) is 0. The van der Waals surface area contributed by atoms with Gasteiger partial charge in [-0.3, -0.25) is 24.8 Å². The molecule has 0 atom stereocenters. The molecule has 5 aromatic heterocycles. The van der Waals surface area contributed by atoms with Crippen molar-refractivity contribution in [1.82, 2.24) is 30.1 Å². The average Bonchev–Trinajstić information content (AvgIpc) is 3.52. The molecule has 1 fully saturated rings. The maximum atomic E-state index is 13.5. The lowest BCUT2D eigenvalue weighted by molar-refractivity contribution is -0.122. The lowest BCUT2D eigenvalue weighted by atomic mass is 9.85. The standard InChI is InChI=1S/C29H22FN7O/c30-19-6-4-16(5-7-19)23-13-32-14-26-21(23)9-25(35-26)28-22-10-24(33-15-27(22)36-37-28)18-8-20(12-31-11-18)34-29(38)17-2-1-3-17/h4-15,17,35H,1-3H2,(H,34,38)(H,36,37). The quantitative estimate of drug-likeness (QED) is 0.263. The first-order chi connectivity index (χ1) is 18.6. The Morgan fingerprint density at radius 3 is 2.55 bits per heavy atom. The van der Waals surface area contributed by atoms with E-state index in [1.54, 1.807) is 43.1 Å². The molecule has 0 radical (unpaired) electrons. The van der Waals surface area contributed by atoms with Crippen molar-refractivity contribution in [2.45, 2.75) is 19.3 Å². The summed E-state index contributed by atoms with van der Waals surface area (Å²) in [6.07, 6.45) is 11.7. The van der Waals surface area contributed by atoms with Crippen molar-refractivity contribution < 1.29 is 9.18 Å². The molecule has 8 nitrogen and oxygen atoms in total. The van der Waals surface area contributed by atoms with Crippen molar-refractivity contribution in [1.29, 1.82) is 0 Å². The van der Waals surface area contributed by atoms with Gasteiger partial charge in [0, 0.05) is 40.2 Å². The van der Waals surface area contributed by atoms with Gasteiger partial charge in [-0.25, -0.2) is 4.39 Å². The minimum Gasteiger partial charge on any atom is -0.352 e. The van der Waals surface area contributed by atoms with E-state index in [2.05, 4.69) is 35.5 Å². The number of nitrogens with zero attached hydrogens (tertiary/aromatic N) is 4. The van der Waals surface area contributed by atoms with Gasteiger partial charge in [0.1, 0.15) is 11.5 Å². The molecule has 0 saturated heterocycles. The second-order valence-electron chi connectivity index (χ2n) is 9.60. The van der Waals surface area contributed by atoms with Gasteiger partial charge in [-0.1, -0.05) is 18.6 Å². The highest BCUT2D eigenvalue weighted by Gasteiger charge is 2.25. The van der Waals surface area contributed by atoms with Gasteiger partial charge in [0.25, 0.3) is 0 Å². The fraction of sp³-hybridized carbons (Fsp3) is 0.138. The molecular formula is C29H22FN7O. The zero-order valence-electron chi connectivity index (χ0n) is 20.2. The number of anilines is 1. The maximum Gasteiger partial charge on any atom is 0.227 e. The number of carbonyl (C=O) groups excluding carboxylic acids is 1. The normalized spacial score (nSPS) is 13.6. The van der Waals surface area contributed by atoms with Crippen LogP contribution in [0.2, 0.25) is 0 Å². The maximum absolute atomic E-state index is 13.5. The number of rotatable bonds is 5. The molecule has 7 rings (SSSR count). The third kappa shape index (κ3) is 3.88. The highest BCUT2D eigenvalue weighted by atomic mass is 19.1. The first kappa shape index (κ1) is 22.3. The van der Waals surface area contributed by atoms with Crippen molar-refractivity contribution >= 4 is 33.4 Å². The van der Waals surface area contributed by atoms with E-state index in [0.717, 1.165) is 74.8 Å². The van der Waals surface area contributed by atoms with Crippen LogP contribution >= 0.6 is 0 Å². The van der Waals surface area contributed by atoms with Crippen LogP contribution in [0.25, 0.3) is 55.6 Å². The molecule has 1 aliphatic rings. The summed E-state index contributed by atoms with van der Waals surface area (Å²) in [5.41, 5.74) is 7.16. The highest BCUT2D eigenvalue weighted by Crippen LogP contribution is 2.34. The molecule has 1 amide bonds. The minimum absolute atomic E-state index is 0.0454. The molecule has 5 heterocycles. The molecule has 0 aliphatic heterocycles. The fourth-order valence-corrected chi connectivity index (χ4v) is 4.88. The van der Waals surface area contributed by atoms with E-state index in [-0.39, 0.29) is 17.6 Å². The Morgan fingerprint density at radius 1 is 0.895 bits per heavy atom. The van der Waals surface area contributed by atoms with E-state index in [9.17, 15) is 9.18 Å². The van der Waals surface area contributed by atoms with Gasteiger partial charge >= 0.3 is 0 Å². The van der Waals surface area contributed by atoms with E-state index in [1.165, 1.54) is 12.1 Å². The van der Waals surface area contributed by atoms with Crippen LogP contribution in [0.15, 0.2) is 73.4 Å². The summed E-state index contributed by atoms with van der Waals surface area (Å²) in [6, 6.07) is 12.3. The van der Waals surface area contributed by atoms with Crippen LogP contribution in [0.3, 0.4) is 0 Å². The molecule has 9 heteroatoms. The van der Waals surface area contributed by atoms with Gasteiger partial charge in [0.05, 0.1) is 46.7 Å². The number of aromatic nitrogens is 6. The second kappa shape index (κ2) is 8.88. The molecule has 3 N–H and O–H groups in total. The SMILES string of the molecule is O=C(Nc1cncc(-c2cc3c(-c4cc5c(-c6ccc(F)cc6)cncc5[nH]4)n[nH]c3cn2)c1)C1CCC1. The number of amides is 1. The van der Waals surface area contributed by atoms with E-state index in [0.29, 0.717) is 5.69 Å². The first-order valence-corrected chi connectivity index (χ1v) is 12.5. The number of aromatic amines is 2. The molecule has 38 heavy (non-hydrogen) atoms. The number of hydrogen-bond donors (Lipinski definition) is 3. The fourth-order valence-electron chi connectivity index (χ4n) is 4.88. The van der Waals surface area contributed by atoms with Crippen LogP contribution in [0.4, 0.5) is 10.1 Å². The number of halogens is 1. The van der Waals surface area contributed by atoms with Crippen LogP contribution in [0, 0.1) is 11.7 Å². The average molecular weight is 504 g/mol. The Morgan fingerprint density at radius 2 is 1.74 bits per heavy atom. The monoisotopic (exact) mass is 503 g/mol. The lowest BCUT2D eigenvalue weighted by Crippen LogP contribution is -2.28. The number of benzene rings is 1. The van der Waals surface area contributed by atoms with Gasteiger partial charge < -0.3 is 10.3 Å².